The second kappa shape index (κ2) is 6.62. The lowest BCUT2D eigenvalue weighted by atomic mass is 10.1. The fourth-order valence-electron chi connectivity index (χ4n) is 1.68. The summed E-state index contributed by atoms with van der Waals surface area (Å²) >= 11 is 13.2. The number of benzene rings is 2. The Hall–Kier alpha value is -0.740. The van der Waals surface area contributed by atoms with Crippen molar-refractivity contribution in [2.75, 3.05) is 6.54 Å². The lowest BCUT2D eigenvalue weighted by Gasteiger charge is -2.10. The molecule has 2 N–H and O–H groups in total. The van der Waals surface area contributed by atoms with Gasteiger partial charge in [-0.05, 0) is 42.8 Å². The van der Waals surface area contributed by atoms with E-state index < -0.39 is 0 Å². The predicted molar refractivity (Wildman–Crippen MR) is 79.7 cm³/mol. The first-order valence-corrected chi connectivity index (χ1v) is 7.29. The van der Waals surface area contributed by atoms with Crippen LogP contribution in [0, 0.1) is 5.82 Å². The summed E-state index contributed by atoms with van der Waals surface area (Å²) in [6.07, 6.45) is 0.640. The molecular weight excluding hydrogens is 304 g/mol. The van der Waals surface area contributed by atoms with E-state index in [0.29, 0.717) is 27.9 Å². The largest absolute Gasteiger partial charge is 0.330 e. The van der Waals surface area contributed by atoms with Crippen LogP contribution in [-0.4, -0.2) is 6.54 Å². The third kappa shape index (κ3) is 3.63. The molecule has 0 spiro atoms. The summed E-state index contributed by atoms with van der Waals surface area (Å²) in [5, 5.41) is 0.949. The van der Waals surface area contributed by atoms with Gasteiger partial charge in [-0.3, -0.25) is 0 Å². The lowest BCUT2D eigenvalue weighted by Crippen LogP contribution is -2.04. The molecule has 0 aliphatic rings. The van der Waals surface area contributed by atoms with Gasteiger partial charge >= 0.3 is 0 Å². The third-order valence-electron chi connectivity index (χ3n) is 2.57. The molecule has 0 saturated carbocycles. The molecule has 0 fully saturated rings. The summed E-state index contributed by atoms with van der Waals surface area (Å²) in [6, 6.07) is 10.3. The zero-order valence-electron chi connectivity index (χ0n) is 10.00. The highest BCUT2D eigenvalue weighted by Crippen LogP contribution is 2.35. The van der Waals surface area contributed by atoms with Crippen LogP contribution < -0.4 is 5.73 Å². The summed E-state index contributed by atoms with van der Waals surface area (Å²) in [7, 11) is 0. The Balaban J connectivity index is 2.34. The van der Waals surface area contributed by atoms with Gasteiger partial charge in [0.2, 0.25) is 0 Å². The Morgan fingerprint density at radius 1 is 1.11 bits per heavy atom. The molecule has 2 rings (SSSR count). The minimum Gasteiger partial charge on any atom is -0.330 e. The number of rotatable bonds is 4. The summed E-state index contributed by atoms with van der Waals surface area (Å²) in [4.78, 5) is 1.43. The van der Waals surface area contributed by atoms with Gasteiger partial charge in [-0.2, -0.15) is 0 Å². The highest BCUT2D eigenvalue weighted by atomic mass is 35.5. The van der Waals surface area contributed by atoms with Gasteiger partial charge in [-0.15, -0.1) is 0 Å². The molecule has 0 saturated heterocycles. The van der Waals surface area contributed by atoms with Crippen LogP contribution in [0.4, 0.5) is 4.39 Å². The van der Waals surface area contributed by atoms with Gasteiger partial charge in [0.05, 0.1) is 14.9 Å². The zero-order valence-corrected chi connectivity index (χ0v) is 12.3. The minimum atomic E-state index is -0.248. The van der Waals surface area contributed by atoms with E-state index in [9.17, 15) is 4.39 Å². The van der Waals surface area contributed by atoms with Crippen LogP contribution in [0.15, 0.2) is 46.2 Å². The van der Waals surface area contributed by atoms with Crippen molar-refractivity contribution >= 4 is 35.0 Å². The van der Waals surface area contributed by atoms with Gasteiger partial charge in [0.15, 0.2) is 0 Å². The zero-order chi connectivity index (χ0) is 13.8. The second-order valence-corrected chi connectivity index (χ2v) is 5.84. The topological polar surface area (TPSA) is 26.0 Å². The van der Waals surface area contributed by atoms with Crippen LogP contribution in [0.5, 0.6) is 0 Å². The van der Waals surface area contributed by atoms with Crippen molar-refractivity contribution in [2.45, 2.75) is 16.2 Å². The molecule has 0 aliphatic heterocycles. The molecule has 2 aromatic carbocycles. The summed E-state index contributed by atoms with van der Waals surface area (Å²) < 4.78 is 13.9. The van der Waals surface area contributed by atoms with Gasteiger partial charge < -0.3 is 5.73 Å². The van der Waals surface area contributed by atoms with Gasteiger partial charge in [0.25, 0.3) is 0 Å². The Morgan fingerprint density at radius 3 is 2.58 bits per heavy atom. The molecule has 1 nitrogen and oxygen atoms in total. The maximum Gasteiger partial charge on any atom is 0.137 e. The molecule has 19 heavy (non-hydrogen) atoms. The summed E-state index contributed by atoms with van der Waals surface area (Å²) in [5.74, 6) is -0.248. The van der Waals surface area contributed by atoms with Crippen molar-refractivity contribution in [2.24, 2.45) is 5.73 Å². The van der Waals surface area contributed by atoms with Crippen molar-refractivity contribution in [3.63, 3.8) is 0 Å². The number of hydrogen-bond donors (Lipinski definition) is 1. The Morgan fingerprint density at radius 2 is 1.89 bits per heavy atom. The van der Waals surface area contributed by atoms with Crippen LogP contribution in [0.3, 0.4) is 0 Å². The molecule has 0 radical (unpaired) electrons. The Labute approximate surface area is 125 Å². The van der Waals surface area contributed by atoms with Crippen LogP contribution in [0.2, 0.25) is 10.0 Å². The lowest BCUT2D eigenvalue weighted by molar-refractivity contribution is 0.597. The molecule has 0 bridgehead atoms. The number of nitrogens with two attached hydrogens (primary N) is 1. The standard InChI is InChI=1S/C14H12Cl2FNS/c15-11-5-4-10(8-12(11)16)19-14-9(6-7-18)2-1-3-13(14)17/h1-5,8H,6-7,18H2. The number of halogens is 3. The van der Waals surface area contributed by atoms with E-state index in [1.54, 1.807) is 18.2 Å². The molecule has 0 heterocycles. The van der Waals surface area contributed by atoms with Crippen molar-refractivity contribution in [3.8, 4) is 0 Å². The van der Waals surface area contributed by atoms with Crippen molar-refractivity contribution in [3.05, 3.63) is 57.8 Å². The van der Waals surface area contributed by atoms with E-state index in [1.807, 2.05) is 12.1 Å². The highest BCUT2D eigenvalue weighted by molar-refractivity contribution is 7.99. The van der Waals surface area contributed by atoms with Crippen molar-refractivity contribution in [1.82, 2.24) is 0 Å². The maximum atomic E-state index is 13.9. The van der Waals surface area contributed by atoms with E-state index in [2.05, 4.69) is 0 Å². The normalized spacial score (nSPS) is 10.7. The van der Waals surface area contributed by atoms with Gasteiger partial charge in [-0.25, -0.2) is 4.39 Å². The molecular formula is C14H12Cl2FNS. The molecule has 0 aliphatic carbocycles. The average Bonchev–Trinajstić information content (AvgIpc) is 2.38. The first kappa shape index (κ1) is 14.7. The quantitative estimate of drug-likeness (QED) is 0.878. The monoisotopic (exact) mass is 315 g/mol. The minimum absolute atomic E-state index is 0.248. The maximum absolute atomic E-state index is 13.9. The van der Waals surface area contributed by atoms with Crippen LogP contribution >= 0.6 is 35.0 Å². The molecule has 0 amide bonds. The van der Waals surface area contributed by atoms with Crippen LogP contribution in [0.1, 0.15) is 5.56 Å². The van der Waals surface area contributed by atoms with Gasteiger partial charge in [-0.1, -0.05) is 47.1 Å². The smallest absolute Gasteiger partial charge is 0.137 e. The predicted octanol–water partition coefficient (Wildman–Crippen LogP) is 4.78. The Bertz CT molecular complexity index is 590. The summed E-state index contributed by atoms with van der Waals surface area (Å²) in [5.41, 5.74) is 6.45. The van der Waals surface area contributed by atoms with E-state index in [0.717, 1.165) is 10.5 Å². The second-order valence-electron chi connectivity index (χ2n) is 3.94. The van der Waals surface area contributed by atoms with E-state index in [4.69, 9.17) is 28.9 Å². The van der Waals surface area contributed by atoms with E-state index in [-0.39, 0.29) is 5.82 Å². The van der Waals surface area contributed by atoms with E-state index >= 15 is 0 Å². The highest BCUT2D eigenvalue weighted by Gasteiger charge is 2.10. The average molecular weight is 316 g/mol. The first-order chi connectivity index (χ1) is 9.11. The molecule has 2 aromatic rings. The fraction of sp³-hybridized carbons (Fsp3) is 0.143. The molecule has 100 valence electrons. The third-order valence-corrected chi connectivity index (χ3v) is 4.46. The molecule has 5 heteroatoms. The number of hydrogen-bond acceptors (Lipinski definition) is 2. The molecule has 0 unspecified atom stereocenters. The fourth-order valence-corrected chi connectivity index (χ4v) is 3.06. The molecule has 0 aromatic heterocycles. The van der Waals surface area contributed by atoms with Gasteiger partial charge in [0, 0.05) is 4.90 Å². The first-order valence-electron chi connectivity index (χ1n) is 5.72. The SMILES string of the molecule is NCCc1cccc(F)c1Sc1ccc(Cl)c(Cl)c1. The van der Waals surface area contributed by atoms with Crippen LogP contribution in [-0.2, 0) is 6.42 Å². The summed E-state index contributed by atoms with van der Waals surface area (Å²) in [6.45, 7) is 0.485. The molecule has 0 atom stereocenters. The van der Waals surface area contributed by atoms with Gasteiger partial charge in [0.1, 0.15) is 5.82 Å². The van der Waals surface area contributed by atoms with Crippen LogP contribution in [0.25, 0.3) is 0 Å². The van der Waals surface area contributed by atoms with Crippen molar-refractivity contribution < 1.29 is 4.39 Å². The van der Waals surface area contributed by atoms with E-state index in [1.165, 1.54) is 17.8 Å². The van der Waals surface area contributed by atoms with Crippen molar-refractivity contribution in [1.29, 1.82) is 0 Å². The Kier molecular flexibility index (Phi) is 5.11.